The maximum Gasteiger partial charge on any atom is 0.283 e. The number of hydrogen-bond donors (Lipinski definition) is 1. The van der Waals surface area contributed by atoms with Crippen LogP contribution in [0.1, 0.15) is 11.3 Å². The molecule has 0 saturated heterocycles. The summed E-state index contributed by atoms with van der Waals surface area (Å²) in [6, 6.07) is 14.8. The largest absolute Gasteiger partial charge is 0.845 e. The van der Waals surface area contributed by atoms with Gasteiger partial charge in [0.15, 0.2) is 5.82 Å². The number of rotatable bonds is 4. The predicted molar refractivity (Wildman–Crippen MR) is 103 cm³/mol. The Morgan fingerprint density at radius 3 is 2.46 bits per heavy atom. The van der Waals surface area contributed by atoms with Gasteiger partial charge in [0.1, 0.15) is 11.6 Å². The molecule has 0 spiro atoms. The number of sulfonamides is 1. The highest BCUT2D eigenvalue weighted by molar-refractivity contribution is 7.90. The van der Waals surface area contributed by atoms with Gasteiger partial charge < -0.3 is 10.4 Å². The standard InChI is InChI=1S/C18H14ClN5O3S/c1-12-16(11-20)17(24(22-12)14-5-3-2-4-6-14)21-18(25)23-28(26,27)15-9-7-13(19)8-10-15/h2-10H,1H3,(H2,21,23,25)/p-1. The van der Waals surface area contributed by atoms with Crippen LogP contribution in [0, 0.1) is 18.3 Å². The van der Waals surface area contributed by atoms with Gasteiger partial charge in [0.2, 0.25) is 0 Å². The first-order chi connectivity index (χ1) is 13.3. The first-order valence-corrected chi connectivity index (χ1v) is 9.73. The van der Waals surface area contributed by atoms with E-state index in [4.69, 9.17) is 11.6 Å². The number of nitriles is 1. The lowest BCUT2D eigenvalue weighted by Gasteiger charge is -2.15. The van der Waals surface area contributed by atoms with Crippen LogP contribution in [-0.4, -0.2) is 24.2 Å². The van der Waals surface area contributed by atoms with Crippen molar-refractivity contribution in [1.29, 1.82) is 5.26 Å². The van der Waals surface area contributed by atoms with Crippen molar-refractivity contribution in [3.63, 3.8) is 0 Å². The van der Waals surface area contributed by atoms with Crippen LogP contribution in [0.4, 0.5) is 5.82 Å². The summed E-state index contributed by atoms with van der Waals surface area (Å²) < 4.78 is 29.2. The number of halogens is 1. The lowest BCUT2D eigenvalue weighted by Crippen LogP contribution is -2.29. The van der Waals surface area contributed by atoms with Crippen molar-refractivity contribution in [2.24, 2.45) is 4.40 Å². The van der Waals surface area contributed by atoms with Gasteiger partial charge in [-0.3, -0.25) is 0 Å². The number of para-hydroxylation sites is 1. The van der Waals surface area contributed by atoms with Gasteiger partial charge in [0.25, 0.3) is 10.0 Å². The molecule has 1 aromatic heterocycles. The van der Waals surface area contributed by atoms with Crippen LogP contribution in [0.25, 0.3) is 5.69 Å². The number of nitrogens with zero attached hydrogens (tertiary/aromatic N) is 4. The van der Waals surface area contributed by atoms with E-state index in [0.29, 0.717) is 16.4 Å². The number of benzene rings is 2. The Hall–Kier alpha value is -3.35. The maximum atomic E-state index is 12.3. The van der Waals surface area contributed by atoms with Crippen LogP contribution in [0.5, 0.6) is 0 Å². The fourth-order valence-corrected chi connectivity index (χ4v) is 3.40. The Bertz CT molecular complexity index is 1180. The number of aromatic nitrogens is 2. The molecule has 0 aliphatic carbocycles. The molecule has 0 unspecified atom stereocenters. The fourth-order valence-electron chi connectivity index (χ4n) is 2.43. The molecular weight excluding hydrogens is 402 g/mol. The maximum absolute atomic E-state index is 12.3. The van der Waals surface area contributed by atoms with Crippen LogP contribution in [0.2, 0.25) is 5.02 Å². The Balaban J connectivity index is 2.00. The summed E-state index contributed by atoms with van der Waals surface area (Å²) in [5.41, 5.74) is 1.07. The zero-order chi connectivity index (χ0) is 20.3. The van der Waals surface area contributed by atoms with Gasteiger partial charge in [0, 0.05) is 5.02 Å². The highest BCUT2D eigenvalue weighted by atomic mass is 35.5. The van der Waals surface area contributed by atoms with E-state index in [1.165, 1.54) is 28.9 Å². The van der Waals surface area contributed by atoms with E-state index >= 15 is 0 Å². The molecule has 10 heteroatoms. The van der Waals surface area contributed by atoms with E-state index < -0.39 is 16.0 Å². The van der Waals surface area contributed by atoms with E-state index in [1.54, 1.807) is 37.3 Å². The summed E-state index contributed by atoms with van der Waals surface area (Å²) >= 11 is 5.74. The van der Waals surface area contributed by atoms with Gasteiger partial charge in [0.05, 0.1) is 22.3 Å². The lowest BCUT2D eigenvalue weighted by atomic mass is 10.2. The number of aryl methyl sites for hydroxylation is 1. The molecule has 0 fully saturated rings. The van der Waals surface area contributed by atoms with Crippen LogP contribution >= 0.6 is 11.6 Å². The van der Waals surface area contributed by atoms with E-state index in [2.05, 4.69) is 14.8 Å². The first-order valence-electron chi connectivity index (χ1n) is 7.91. The summed E-state index contributed by atoms with van der Waals surface area (Å²) in [5.74, 6) is 0.0336. The quantitative estimate of drug-likeness (QED) is 0.515. The molecule has 28 heavy (non-hydrogen) atoms. The molecule has 3 rings (SSSR count). The smallest absolute Gasteiger partial charge is 0.283 e. The molecule has 0 saturated carbocycles. The monoisotopic (exact) mass is 414 g/mol. The summed E-state index contributed by atoms with van der Waals surface area (Å²) in [5, 5.41) is 28.6. The topological polar surface area (TPSA) is 123 Å². The van der Waals surface area contributed by atoms with Gasteiger partial charge in [-0.2, -0.15) is 23.2 Å². The van der Waals surface area contributed by atoms with Crippen molar-refractivity contribution >= 4 is 33.5 Å². The third-order valence-electron chi connectivity index (χ3n) is 3.71. The Kier molecular flexibility index (Phi) is 5.35. The van der Waals surface area contributed by atoms with Crippen LogP contribution in [0.3, 0.4) is 0 Å². The summed E-state index contributed by atoms with van der Waals surface area (Å²) in [6.07, 6.45) is 0. The molecule has 8 nitrogen and oxygen atoms in total. The van der Waals surface area contributed by atoms with Crippen LogP contribution in [0.15, 0.2) is 63.9 Å². The van der Waals surface area contributed by atoms with Crippen molar-refractivity contribution in [3.8, 4) is 11.8 Å². The first kappa shape index (κ1) is 19.4. The second kappa shape index (κ2) is 7.72. The normalized spacial score (nSPS) is 11.8. The van der Waals surface area contributed by atoms with Gasteiger partial charge in [-0.25, -0.2) is 4.68 Å². The molecule has 0 aliphatic heterocycles. The number of hydrogen-bond acceptors (Lipinski definition) is 5. The minimum absolute atomic E-state index is 0.0336. The highest BCUT2D eigenvalue weighted by Gasteiger charge is 2.17. The number of amidine groups is 1. The third kappa shape index (κ3) is 3.98. The summed E-state index contributed by atoms with van der Waals surface area (Å²) in [7, 11) is -4.24. The van der Waals surface area contributed by atoms with E-state index in [1.807, 2.05) is 6.07 Å². The second-order valence-corrected chi connectivity index (χ2v) is 7.66. The number of anilines is 1. The van der Waals surface area contributed by atoms with Crippen molar-refractivity contribution in [3.05, 3.63) is 70.9 Å². The average molecular weight is 415 g/mol. The summed E-state index contributed by atoms with van der Waals surface area (Å²) in [4.78, 5) is -0.180. The van der Waals surface area contributed by atoms with Crippen LogP contribution in [-0.2, 0) is 10.0 Å². The van der Waals surface area contributed by atoms with Gasteiger partial charge in [-0.15, -0.1) is 0 Å². The van der Waals surface area contributed by atoms with Crippen molar-refractivity contribution in [1.82, 2.24) is 9.78 Å². The number of nitrogens with one attached hydrogen (secondary N) is 1. The SMILES string of the molecule is Cc1nn(-c2ccccc2)c(N/C([O-])=N/S(=O)(=O)c2ccc(Cl)cc2)c1C#N. The predicted octanol–water partition coefficient (Wildman–Crippen LogP) is 2.22. The van der Waals surface area contributed by atoms with Crippen molar-refractivity contribution in [2.45, 2.75) is 11.8 Å². The molecule has 1 heterocycles. The van der Waals surface area contributed by atoms with Crippen molar-refractivity contribution in [2.75, 3.05) is 5.32 Å². The summed E-state index contributed by atoms with van der Waals surface area (Å²) in [6.45, 7) is 1.61. The van der Waals surface area contributed by atoms with Gasteiger partial charge >= 0.3 is 0 Å². The minimum Gasteiger partial charge on any atom is -0.845 e. The third-order valence-corrected chi connectivity index (χ3v) is 5.24. The molecule has 2 aromatic carbocycles. The Morgan fingerprint density at radius 1 is 1.21 bits per heavy atom. The Labute approximate surface area is 166 Å². The molecular formula is C18H13ClN5O3S-. The molecule has 0 amide bonds. The zero-order valence-electron chi connectivity index (χ0n) is 14.5. The van der Waals surface area contributed by atoms with Crippen molar-refractivity contribution < 1.29 is 13.5 Å². The van der Waals surface area contributed by atoms with E-state index in [0.717, 1.165) is 0 Å². The average Bonchev–Trinajstić information content (AvgIpc) is 2.97. The Morgan fingerprint density at radius 2 is 1.86 bits per heavy atom. The van der Waals surface area contributed by atoms with Gasteiger partial charge in [-0.05, 0) is 43.3 Å². The molecule has 0 aliphatic rings. The minimum atomic E-state index is -4.24. The molecule has 0 radical (unpaired) electrons. The van der Waals surface area contributed by atoms with E-state index in [9.17, 15) is 18.8 Å². The molecule has 0 atom stereocenters. The molecule has 0 bridgehead atoms. The molecule has 1 N–H and O–H groups in total. The van der Waals surface area contributed by atoms with E-state index in [-0.39, 0.29) is 16.3 Å². The molecule has 142 valence electrons. The van der Waals surface area contributed by atoms with Crippen LogP contribution < -0.4 is 10.4 Å². The fraction of sp³-hybridized carbons (Fsp3) is 0.0556. The highest BCUT2D eigenvalue weighted by Crippen LogP contribution is 2.23. The van der Waals surface area contributed by atoms with Gasteiger partial charge in [-0.1, -0.05) is 29.8 Å². The second-order valence-electron chi connectivity index (χ2n) is 5.62. The lowest BCUT2D eigenvalue weighted by molar-refractivity contribution is -0.213. The molecule has 3 aromatic rings. The zero-order valence-corrected chi connectivity index (χ0v) is 16.1.